The van der Waals surface area contributed by atoms with Crippen molar-refractivity contribution in [1.82, 2.24) is 10.3 Å². The summed E-state index contributed by atoms with van der Waals surface area (Å²) >= 11 is 5.90. The van der Waals surface area contributed by atoms with Gasteiger partial charge < -0.3 is 10.6 Å². The normalized spacial score (nSPS) is 10.2. The second kappa shape index (κ2) is 6.45. The number of rotatable bonds is 5. The van der Waals surface area contributed by atoms with E-state index in [0.717, 1.165) is 18.5 Å². The Hall–Kier alpha value is -1.13. The Morgan fingerprint density at radius 3 is 2.94 bits per heavy atom. The van der Waals surface area contributed by atoms with E-state index in [1.54, 1.807) is 6.20 Å². The van der Waals surface area contributed by atoms with Crippen LogP contribution in [0.5, 0.6) is 0 Å². The maximum atomic E-state index is 11.6. The van der Waals surface area contributed by atoms with E-state index in [4.69, 9.17) is 11.6 Å². The molecule has 0 spiro atoms. The van der Waals surface area contributed by atoms with Gasteiger partial charge in [-0.15, -0.1) is 0 Å². The van der Waals surface area contributed by atoms with Crippen molar-refractivity contribution >= 4 is 23.2 Å². The molecule has 0 saturated carbocycles. The molecule has 0 aliphatic rings. The third-order valence-corrected chi connectivity index (χ3v) is 2.49. The fraction of sp³-hybridized carbons (Fsp3) is 0.455. The molecule has 0 aliphatic carbocycles. The first-order valence-corrected chi connectivity index (χ1v) is 5.58. The Labute approximate surface area is 100 Å². The van der Waals surface area contributed by atoms with Crippen molar-refractivity contribution in [2.24, 2.45) is 0 Å². The lowest BCUT2D eigenvalue weighted by molar-refractivity contribution is -0.116. The number of carbonyl (C=O) groups excluding carboxylic acids is 1. The van der Waals surface area contributed by atoms with E-state index in [1.807, 2.05) is 20.0 Å². The van der Waals surface area contributed by atoms with Crippen LogP contribution >= 0.6 is 11.6 Å². The molecule has 1 rings (SSSR count). The number of pyridine rings is 1. The molecule has 88 valence electrons. The summed E-state index contributed by atoms with van der Waals surface area (Å²) < 4.78 is 0. The van der Waals surface area contributed by atoms with Gasteiger partial charge in [0.05, 0.1) is 5.69 Å². The number of nitrogens with zero attached hydrogens (tertiary/aromatic N) is 1. The van der Waals surface area contributed by atoms with E-state index < -0.39 is 0 Å². The van der Waals surface area contributed by atoms with Gasteiger partial charge in [-0.05, 0) is 38.6 Å². The Kier molecular flexibility index (Phi) is 5.22. The number of anilines is 1. The third kappa shape index (κ3) is 3.79. The van der Waals surface area contributed by atoms with Crippen LogP contribution < -0.4 is 10.6 Å². The predicted molar refractivity (Wildman–Crippen MR) is 65.8 cm³/mol. The van der Waals surface area contributed by atoms with Crippen molar-refractivity contribution in [1.29, 1.82) is 0 Å². The van der Waals surface area contributed by atoms with Crippen LogP contribution in [0, 0.1) is 6.92 Å². The van der Waals surface area contributed by atoms with Gasteiger partial charge in [-0.2, -0.15) is 0 Å². The molecule has 1 amide bonds. The molecule has 1 aromatic rings. The standard InChI is InChI=1S/C11H16ClN3O/c1-8-5-7-14-11(12)10(8)15-9(16)4-3-6-13-2/h5,7,13H,3-4,6H2,1-2H3,(H,15,16). The number of nitrogens with one attached hydrogen (secondary N) is 2. The maximum Gasteiger partial charge on any atom is 0.224 e. The first-order chi connectivity index (χ1) is 7.65. The molecule has 0 aliphatic heterocycles. The molecule has 0 atom stereocenters. The molecule has 0 saturated heterocycles. The molecule has 0 radical (unpaired) electrons. The summed E-state index contributed by atoms with van der Waals surface area (Å²) in [7, 11) is 1.86. The zero-order valence-corrected chi connectivity index (χ0v) is 10.3. The van der Waals surface area contributed by atoms with Crippen LogP contribution in [-0.2, 0) is 4.79 Å². The first kappa shape index (κ1) is 12.9. The average molecular weight is 242 g/mol. The third-order valence-electron chi connectivity index (χ3n) is 2.21. The molecule has 0 fully saturated rings. The number of carbonyl (C=O) groups is 1. The zero-order chi connectivity index (χ0) is 12.0. The minimum atomic E-state index is -0.0340. The van der Waals surface area contributed by atoms with Crippen molar-refractivity contribution < 1.29 is 4.79 Å². The van der Waals surface area contributed by atoms with Gasteiger partial charge in [-0.3, -0.25) is 4.79 Å². The highest BCUT2D eigenvalue weighted by atomic mass is 35.5. The summed E-state index contributed by atoms with van der Waals surface area (Å²) in [5.74, 6) is -0.0340. The number of hydrogen-bond acceptors (Lipinski definition) is 3. The second-order valence-electron chi connectivity index (χ2n) is 3.55. The number of aromatic nitrogens is 1. The number of aryl methyl sites for hydroxylation is 1. The monoisotopic (exact) mass is 241 g/mol. The molecule has 16 heavy (non-hydrogen) atoms. The Bertz CT molecular complexity index is 348. The van der Waals surface area contributed by atoms with Gasteiger partial charge in [-0.25, -0.2) is 4.98 Å². The highest BCUT2D eigenvalue weighted by molar-refractivity contribution is 6.32. The van der Waals surface area contributed by atoms with Crippen molar-refractivity contribution in [3.63, 3.8) is 0 Å². The zero-order valence-electron chi connectivity index (χ0n) is 9.51. The second-order valence-corrected chi connectivity index (χ2v) is 3.91. The van der Waals surface area contributed by atoms with Crippen LogP contribution in [0.2, 0.25) is 5.15 Å². The summed E-state index contributed by atoms with van der Waals surface area (Å²) in [6.45, 7) is 2.71. The Morgan fingerprint density at radius 1 is 1.56 bits per heavy atom. The molecule has 0 bridgehead atoms. The van der Waals surface area contributed by atoms with E-state index in [9.17, 15) is 4.79 Å². The van der Waals surface area contributed by atoms with Crippen molar-refractivity contribution in [3.05, 3.63) is 23.0 Å². The molecule has 0 unspecified atom stereocenters. The molecule has 1 heterocycles. The summed E-state index contributed by atoms with van der Waals surface area (Å²) in [5, 5.41) is 6.10. The van der Waals surface area contributed by atoms with Gasteiger partial charge >= 0.3 is 0 Å². The average Bonchev–Trinajstić information content (AvgIpc) is 2.24. The quantitative estimate of drug-likeness (QED) is 0.612. The van der Waals surface area contributed by atoms with Crippen molar-refractivity contribution in [2.75, 3.05) is 18.9 Å². The first-order valence-electron chi connectivity index (χ1n) is 5.20. The van der Waals surface area contributed by atoms with Crippen LogP contribution in [0.4, 0.5) is 5.69 Å². The highest BCUT2D eigenvalue weighted by Gasteiger charge is 2.08. The van der Waals surface area contributed by atoms with Gasteiger partial charge in [0.1, 0.15) is 0 Å². The van der Waals surface area contributed by atoms with E-state index in [0.29, 0.717) is 17.3 Å². The summed E-state index contributed by atoms with van der Waals surface area (Å²) in [4.78, 5) is 15.5. The van der Waals surface area contributed by atoms with Crippen molar-refractivity contribution in [2.45, 2.75) is 19.8 Å². The predicted octanol–water partition coefficient (Wildman–Crippen LogP) is 1.98. The lowest BCUT2D eigenvalue weighted by Crippen LogP contribution is -2.16. The highest BCUT2D eigenvalue weighted by Crippen LogP contribution is 2.22. The van der Waals surface area contributed by atoms with Gasteiger partial charge in [0, 0.05) is 12.6 Å². The van der Waals surface area contributed by atoms with E-state index in [-0.39, 0.29) is 5.91 Å². The van der Waals surface area contributed by atoms with Gasteiger partial charge in [0.2, 0.25) is 5.91 Å². The van der Waals surface area contributed by atoms with Crippen LogP contribution in [-0.4, -0.2) is 24.5 Å². The van der Waals surface area contributed by atoms with Crippen LogP contribution in [0.3, 0.4) is 0 Å². The largest absolute Gasteiger partial charge is 0.323 e. The van der Waals surface area contributed by atoms with Crippen molar-refractivity contribution in [3.8, 4) is 0 Å². The topological polar surface area (TPSA) is 54.0 Å². The smallest absolute Gasteiger partial charge is 0.224 e. The molecule has 4 nitrogen and oxygen atoms in total. The van der Waals surface area contributed by atoms with Gasteiger partial charge in [-0.1, -0.05) is 11.6 Å². The van der Waals surface area contributed by atoms with Crippen LogP contribution in [0.25, 0.3) is 0 Å². The number of halogens is 1. The van der Waals surface area contributed by atoms with E-state index >= 15 is 0 Å². The molecular formula is C11H16ClN3O. The summed E-state index contributed by atoms with van der Waals surface area (Å²) in [5.41, 5.74) is 1.53. The Morgan fingerprint density at radius 2 is 2.31 bits per heavy atom. The molecule has 5 heteroatoms. The van der Waals surface area contributed by atoms with Gasteiger partial charge in [0.25, 0.3) is 0 Å². The molecule has 0 aromatic carbocycles. The fourth-order valence-corrected chi connectivity index (χ4v) is 1.56. The van der Waals surface area contributed by atoms with Crippen LogP contribution in [0.15, 0.2) is 12.3 Å². The lowest BCUT2D eigenvalue weighted by Gasteiger charge is -2.09. The fourth-order valence-electron chi connectivity index (χ4n) is 1.30. The minimum Gasteiger partial charge on any atom is -0.323 e. The number of hydrogen-bond donors (Lipinski definition) is 2. The minimum absolute atomic E-state index is 0.0340. The Balaban J connectivity index is 2.56. The SMILES string of the molecule is CNCCCC(=O)Nc1c(C)ccnc1Cl. The molecule has 2 N–H and O–H groups in total. The maximum absolute atomic E-state index is 11.6. The lowest BCUT2D eigenvalue weighted by atomic mass is 10.2. The number of amides is 1. The molecule has 1 aromatic heterocycles. The van der Waals surface area contributed by atoms with E-state index in [1.165, 1.54) is 0 Å². The summed E-state index contributed by atoms with van der Waals surface area (Å²) in [6.07, 6.45) is 2.90. The van der Waals surface area contributed by atoms with E-state index in [2.05, 4.69) is 15.6 Å². The summed E-state index contributed by atoms with van der Waals surface area (Å²) in [6, 6.07) is 1.81. The van der Waals surface area contributed by atoms with Gasteiger partial charge in [0.15, 0.2) is 5.15 Å². The van der Waals surface area contributed by atoms with Crippen LogP contribution in [0.1, 0.15) is 18.4 Å². The molecular weight excluding hydrogens is 226 g/mol.